The van der Waals surface area contributed by atoms with Gasteiger partial charge in [-0.05, 0) is 117 Å². The fourth-order valence-corrected chi connectivity index (χ4v) is 10.3. The van der Waals surface area contributed by atoms with E-state index in [1.807, 2.05) is 55.2 Å². The van der Waals surface area contributed by atoms with Crippen LogP contribution in [0.2, 0.25) is 0 Å². The molecule has 64 heavy (non-hydrogen) atoms. The molecule has 6 rings (SSSR count). The summed E-state index contributed by atoms with van der Waals surface area (Å²) in [6.07, 6.45) is 13.6. The van der Waals surface area contributed by atoms with Gasteiger partial charge >= 0.3 is 0 Å². The fraction of sp³-hybridized carbons (Fsp3) is 0.404. The van der Waals surface area contributed by atoms with Crippen LogP contribution in [0, 0.1) is 0 Å². The molecule has 0 unspecified atom stereocenters. The van der Waals surface area contributed by atoms with Gasteiger partial charge in [-0.25, -0.2) is 5.26 Å². The normalized spacial score (nSPS) is 18.3. The second-order valence-corrected chi connectivity index (χ2v) is 20.8. The summed E-state index contributed by atoms with van der Waals surface area (Å²) in [6, 6.07) is 20.6. The molecule has 2 heterocycles. The van der Waals surface area contributed by atoms with Crippen molar-refractivity contribution in [2.45, 2.75) is 94.8 Å². The SMILES string of the molecule is CC1(C)C(/C=C/C2=C(Oc3ccc(CCOC=O)cc3)C(=C/C=C3/N(CCCCS(=O)(=O)O)c4ccc(S(=O)(=O)O)cc4C3(C)C)/CCC2)=[N+](CCCCSOOO)c2ccccc21. The van der Waals surface area contributed by atoms with Crippen molar-refractivity contribution in [3.63, 3.8) is 0 Å². The minimum absolute atomic E-state index is 0.217. The molecule has 0 atom stereocenters. The Morgan fingerprint density at radius 1 is 0.859 bits per heavy atom. The third-order valence-electron chi connectivity index (χ3n) is 12.0. The van der Waals surface area contributed by atoms with Crippen molar-refractivity contribution in [1.82, 2.24) is 0 Å². The van der Waals surface area contributed by atoms with E-state index in [0.29, 0.717) is 55.1 Å². The van der Waals surface area contributed by atoms with Crippen LogP contribution in [0.15, 0.2) is 119 Å². The zero-order valence-electron chi connectivity index (χ0n) is 36.6. The summed E-state index contributed by atoms with van der Waals surface area (Å²) in [7, 11) is -8.64. The van der Waals surface area contributed by atoms with Gasteiger partial charge in [-0.1, -0.05) is 55.3 Å². The number of anilines is 1. The first kappa shape index (κ1) is 48.9. The van der Waals surface area contributed by atoms with Crippen LogP contribution in [0.1, 0.15) is 89.3 Å². The number of rotatable bonds is 22. The highest BCUT2D eigenvalue weighted by Gasteiger charge is 2.44. The molecule has 0 aromatic heterocycles. The molecule has 0 radical (unpaired) electrons. The van der Waals surface area contributed by atoms with Gasteiger partial charge in [-0.15, -0.1) is 4.33 Å². The predicted octanol–water partition coefficient (Wildman–Crippen LogP) is 9.22. The van der Waals surface area contributed by atoms with E-state index in [2.05, 4.69) is 64.2 Å². The molecule has 0 saturated heterocycles. The highest BCUT2D eigenvalue weighted by Crippen LogP contribution is 2.49. The standard InChI is InChI=1S/C47H56N2O12S3/c1-46(2)39-14-5-6-15-41(39)48(27-7-9-30-62-61-60-51)43(46)24-18-35-12-11-13-36(45(35)59-37-20-16-34(17-21-37)26-29-58-33-50)19-25-44-47(3,4)40-32-38(64(55,56)57)22-23-42(40)49(44)28-8-10-31-63(52,53)54/h5-6,14-25,32-33H,7-13,26-31H2,1-4H3,(H2-,51,52,53,54,55,56,57)/p+1. The molecule has 3 aromatic rings. The molecule has 0 fully saturated rings. The number of ether oxygens (including phenoxy) is 2. The molecule has 2 aliphatic heterocycles. The smallest absolute Gasteiger partial charge is 0.294 e. The molecule has 3 aromatic carbocycles. The Morgan fingerprint density at radius 2 is 1.62 bits per heavy atom. The first-order chi connectivity index (χ1) is 30.5. The van der Waals surface area contributed by atoms with E-state index in [0.717, 1.165) is 83.8 Å². The summed E-state index contributed by atoms with van der Waals surface area (Å²) in [4.78, 5) is 12.5. The number of hydrogen-bond acceptors (Lipinski definition) is 12. The Hall–Kier alpha value is -4.59. The van der Waals surface area contributed by atoms with Gasteiger partial charge in [-0.2, -0.15) is 21.4 Å². The Balaban J connectivity index is 1.42. The number of para-hydroxylation sites is 1. The lowest BCUT2D eigenvalue weighted by Crippen LogP contribution is -2.28. The molecular formula is C47H57N2O12S3+. The van der Waals surface area contributed by atoms with Crippen molar-refractivity contribution in [2.75, 3.05) is 36.1 Å². The maximum absolute atomic E-state index is 12.3. The van der Waals surface area contributed by atoms with Crippen molar-refractivity contribution >= 4 is 55.8 Å². The van der Waals surface area contributed by atoms with Gasteiger partial charge in [0.25, 0.3) is 26.7 Å². The average molecular weight is 938 g/mol. The summed E-state index contributed by atoms with van der Waals surface area (Å²) in [5.41, 5.74) is 7.68. The number of benzene rings is 3. The fourth-order valence-electron chi connectivity index (χ4n) is 8.76. The monoisotopic (exact) mass is 937 g/mol. The number of allylic oxidation sites excluding steroid dienone is 7. The maximum atomic E-state index is 12.3. The zero-order chi connectivity index (χ0) is 46.1. The summed E-state index contributed by atoms with van der Waals surface area (Å²) in [5.74, 6) is 1.61. The second-order valence-electron chi connectivity index (χ2n) is 17.0. The van der Waals surface area contributed by atoms with Gasteiger partial charge in [0.05, 0.1) is 22.7 Å². The van der Waals surface area contributed by atoms with Gasteiger partial charge < -0.3 is 14.4 Å². The summed E-state index contributed by atoms with van der Waals surface area (Å²) < 4.78 is 85.6. The number of unbranched alkanes of at least 4 members (excludes halogenated alkanes) is 2. The van der Waals surface area contributed by atoms with E-state index in [1.165, 1.54) is 17.7 Å². The predicted molar refractivity (Wildman–Crippen MR) is 247 cm³/mol. The molecule has 3 N–H and O–H groups in total. The Morgan fingerprint density at radius 3 is 2.34 bits per heavy atom. The minimum atomic E-state index is -4.49. The van der Waals surface area contributed by atoms with Crippen molar-refractivity contribution < 1.29 is 59.4 Å². The maximum Gasteiger partial charge on any atom is 0.294 e. The van der Waals surface area contributed by atoms with Crippen molar-refractivity contribution in [3.8, 4) is 5.75 Å². The van der Waals surface area contributed by atoms with E-state index < -0.39 is 25.7 Å². The van der Waals surface area contributed by atoms with E-state index in [-0.39, 0.29) is 29.1 Å². The van der Waals surface area contributed by atoms with E-state index in [1.54, 1.807) is 6.07 Å². The first-order valence-corrected chi connectivity index (χ1v) is 25.3. The summed E-state index contributed by atoms with van der Waals surface area (Å²) in [5, 5.41) is 12.3. The van der Waals surface area contributed by atoms with Gasteiger partial charge in [0.1, 0.15) is 18.1 Å². The molecule has 0 amide bonds. The molecule has 0 saturated carbocycles. The van der Waals surface area contributed by atoms with Gasteiger partial charge in [0.2, 0.25) is 5.69 Å². The van der Waals surface area contributed by atoms with Crippen molar-refractivity contribution in [3.05, 3.63) is 130 Å². The van der Waals surface area contributed by atoms with Crippen LogP contribution in [-0.4, -0.2) is 79.2 Å². The first-order valence-electron chi connectivity index (χ1n) is 21.3. The van der Waals surface area contributed by atoms with Gasteiger partial charge in [0.15, 0.2) is 5.71 Å². The van der Waals surface area contributed by atoms with Crippen LogP contribution < -0.4 is 9.64 Å². The molecule has 0 spiro atoms. The summed E-state index contributed by atoms with van der Waals surface area (Å²) in [6.45, 7) is 10.3. The number of hydrogen-bond donors (Lipinski definition) is 3. The topological polar surface area (TPSA) is 189 Å². The van der Waals surface area contributed by atoms with Crippen LogP contribution in [-0.2, 0) is 56.4 Å². The Kier molecular flexibility index (Phi) is 16.1. The molecule has 1 aliphatic carbocycles. The molecule has 17 heteroatoms. The second kappa shape index (κ2) is 21.1. The number of fused-ring (bicyclic) bond motifs is 2. The Labute approximate surface area is 380 Å². The van der Waals surface area contributed by atoms with Crippen LogP contribution in [0.25, 0.3) is 0 Å². The minimum Gasteiger partial charge on any atom is -0.468 e. The highest BCUT2D eigenvalue weighted by molar-refractivity contribution is 7.94. The molecule has 3 aliphatic rings. The lowest BCUT2D eigenvalue weighted by molar-refractivity contribution is -0.438. The quantitative estimate of drug-likeness (QED) is 0.0164. The van der Waals surface area contributed by atoms with Crippen LogP contribution in [0.4, 0.5) is 11.4 Å². The third-order valence-corrected chi connectivity index (χ3v) is 14.3. The lowest BCUT2D eigenvalue weighted by atomic mass is 9.81. The summed E-state index contributed by atoms with van der Waals surface area (Å²) >= 11 is 1.05. The van der Waals surface area contributed by atoms with Crippen molar-refractivity contribution in [2.24, 2.45) is 0 Å². The van der Waals surface area contributed by atoms with Gasteiger partial charge in [0, 0.05) is 71.7 Å². The van der Waals surface area contributed by atoms with Crippen LogP contribution in [0.5, 0.6) is 5.75 Å². The molecule has 0 bridgehead atoms. The largest absolute Gasteiger partial charge is 0.468 e. The van der Waals surface area contributed by atoms with E-state index >= 15 is 0 Å². The number of nitrogens with zero attached hydrogens (tertiary/aromatic N) is 2. The Bertz CT molecular complexity index is 2560. The van der Waals surface area contributed by atoms with Crippen molar-refractivity contribution in [1.29, 1.82) is 0 Å². The van der Waals surface area contributed by atoms with E-state index in [9.17, 15) is 30.7 Å². The zero-order valence-corrected chi connectivity index (χ0v) is 39.0. The van der Waals surface area contributed by atoms with Gasteiger partial charge in [-0.3, -0.25) is 13.9 Å². The molecular weight excluding hydrogens is 881 g/mol. The molecule has 344 valence electrons. The van der Waals surface area contributed by atoms with Crippen LogP contribution in [0.3, 0.4) is 0 Å². The third kappa shape index (κ3) is 11.8. The van der Waals surface area contributed by atoms with E-state index in [4.69, 9.17) is 14.7 Å². The lowest BCUT2D eigenvalue weighted by Gasteiger charge is -2.27. The highest BCUT2D eigenvalue weighted by atomic mass is 32.2. The van der Waals surface area contributed by atoms with Crippen LogP contribution >= 0.6 is 12.0 Å². The number of carbonyl (C=O) groups is 1. The number of carbonyl (C=O) groups excluding carboxylic acids is 1. The molecule has 14 nitrogen and oxygen atoms in total. The average Bonchev–Trinajstić information content (AvgIpc) is 3.60.